The van der Waals surface area contributed by atoms with Gasteiger partial charge in [0.25, 0.3) is 0 Å². The van der Waals surface area contributed by atoms with Gasteiger partial charge in [-0.3, -0.25) is 10.2 Å². The molecule has 10 heteroatoms. The fourth-order valence-electron chi connectivity index (χ4n) is 3.62. The van der Waals surface area contributed by atoms with Crippen LogP contribution in [0.3, 0.4) is 0 Å². The van der Waals surface area contributed by atoms with E-state index in [1.165, 1.54) is 5.00 Å². The second kappa shape index (κ2) is 12.3. The molecular weight excluding hydrogens is 504 g/mol. The molecule has 3 amide bonds. The molecule has 0 radical (unpaired) electrons. The fraction of sp³-hybridized carbons (Fsp3) is 0.464. The van der Waals surface area contributed by atoms with Gasteiger partial charge in [0.2, 0.25) is 5.91 Å². The number of rotatable bonds is 5. The van der Waals surface area contributed by atoms with Gasteiger partial charge in [-0.05, 0) is 70.9 Å². The minimum Gasteiger partial charge on any atom is -0.444 e. The number of hydrogen-bond acceptors (Lipinski definition) is 7. The maximum Gasteiger partial charge on any atom is 0.426 e. The van der Waals surface area contributed by atoms with Crippen molar-refractivity contribution in [3.05, 3.63) is 52.4 Å². The number of benzene rings is 1. The van der Waals surface area contributed by atoms with Crippen molar-refractivity contribution in [3.8, 4) is 0 Å². The lowest BCUT2D eigenvalue weighted by atomic mass is 10.1. The average molecular weight is 543 g/mol. The van der Waals surface area contributed by atoms with Crippen molar-refractivity contribution in [3.63, 3.8) is 0 Å². The van der Waals surface area contributed by atoms with E-state index in [9.17, 15) is 14.4 Å². The van der Waals surface area contributed by atoms with Gasteiger partial charge in [0.05, 0.1) is 11.4 Å². The number of thiophene rings is 1. The van der Waals surface area contributed by atoms with Crippen molar-refractivity contribution in [1.82, 2.24) is 15.8 Å². The molecule has 1 saturated heterocycles. The number of nitrogens with one attached hydrogen (secondary N) is 2. The van der Waals surface area contributed by atoms with Crippen LogP contribution >= 0.6 is 11.3 Å². The minimum atomic E-state index is -0.703. The number of carbonyl (C=O) groups excluding carboxylic acids is 3. The average Bonchev–Trinajstić information content (AvgIpc) is 3.29. The largest absolute Gasteiger partial charge is 0.444 e. The van der Waals surface area contributed by atoms with Crippen molar-refractivity contribution in [2.24, 2.45) is 0 Å². The number of ether oxygens (including phenoxy) is 2. The molecule has 9 nitrogen and oxygen atoms in total. The molecule has 1 fully saturated rings. The van der Waals surface area contributed by atoms with Gasteiger partial charge in [0, 0.05) is 31.1 Å². The highest BCUT2D eigenvalue weighted by atomic mass is 32.1. The number of nitrogens with zero attached hydrogens (tertiary/aromatic N) is 2. The number of hydrazine groups is 1. The first kappa shape index (κ1) is 29.0. The summed E-state index contributed by atoms with van der Waals surface area (Å²) >= 11 is 1.71. The normalized spacial score (nSPS) is 14.4. The predicted molar refractivity (Wildman–Crippen MR) is 151 cm³/mol. The predicted octanol–water partition coefficient (Wildman–Crippen LogP) is 5.07. The first-order valence-corrected chi connectivity index (χ1v) is 13.5. The topological polar surface area (TPSA) is 100 Å². The molecule has 2 aromatic rings. The molecule has 1 aliphatic rings. The van der Waals surface area contributed by atoms with Crippen molar-refractivity contribution in [2.45, 2.75) is 59.2 Å². The summed E-state index contributed by atoms with van der Waals surface area (Å²) in [7, 11) is 0. The summed E-state index contributed by atoms with van der Waals surface area (Å²) in [6.45, 7) is 13.7. The molecule has 1 aromatic heterocycles. The number of hydrogen-bond donors (Lipinski definition) is 2. The van der Waals surface area contributed by atoms with E-state index in [4.69, 9.17) is 9.47 Å². The lowest BCUT2D eigenvalue weighted by molar-refractivity contribution is -0.121. The Hall–Kier alpha value is -3.53. The number of carbonyl (C=O) groups is 3. The molecular formula is C28H38N4O5S. The van der Waals surface area contributed by atoms with Gasteiger partial charge < -0.3 is 19.3 Å². The van der Waals surface area contributed by atoms with Crippen molar-refractivity contribution >= 4 is 46.6 Å². The fourth-order valence-corrected chi connectivity index (χ4v) is 4.58. The van der Waals surface area contributed by atoms with Gasteiger partial charge in [-0.2, -0.15) is 0 Å². The summed E-state index contributed by atoms with van der Waals surface area (Å²) in [5, 5.41) is 1.18. The van der Waals surface area contributed by atoms with Crippen LogP contribution in [0.2, 0.25) is 0 Å². The van der Waals surface area contributed by atoms with Crippen molar-refractivity contribution < 1.29 is 23.9 Å². The Morgan fingerprint density at radius 1 is 0.842 bits per heavy atom. The number of amides is 3. The van der Waals surface area contributed by atoms with Crippen molar-refractivity contribution in [2.75, 3.05) is 31.1 Å². The van der Waals surface area contributed by atoms with E-state index >= 15 is 0 Å². The van der Waals surface area contributed by atoms with E-state index in [0.29, 0.717) is 13.1 Å². The van der Waals surface area contributed by atoms with Gasteiger partial charge in [-0.15, -0.1) is 11.3 Å². The smallest absolute Gasteiger partial charge is 0.426 e. The molecule has 1 aliphatic heterocycles. The molecule has 0 aliphatic carbocycles. The zero-order chi connectivity index (χ0) is 27.9. The standard InChI is InChI=1S/C28H38N4O5S/c1-27(2,3)36-25(34)30-29-23(33)19-21-9-7-20(8-10-21)11-12-22-13-14-24(38-22)31-15-17-32(18-16-31)26(35)37-28(4,5)6/h7-14H,15-19H2,1-6H3,(H,29,33)(H,30,34). The molecule has 206 valence electrons. The summed E-state index contributed by atoms with van der Waals surface area (Å²) < 4.78 is 10.6. The van der Waals surface area contributed by atoms with Crippen LogP contribution in [0.25, 0.3) is 12.2 Å². The van der Waals surface area contributed by atoms with Crippen LogP contribution in [0.15, 0.2) is 36.4 Å². The van der Waals surface area contributed by atoms with Crippen LogP contribution < -0.4 is 15.8 Å². The van der Waals surface area contributed by atoms with Crippen LogP contribution in [0.5, 0.6) is 0 Å². The molecule has 0 saturated carbocycles. The van der Waals surface area contributed by atoms with Gasteiger partial charge in [-0.1, -0.05) is 30.3 Å². The van der Waals surface area contributed by atoms with E-state index < -0.39 is 17.3 Å². The molecule has 0 atom stereocenters. The van der Waals surface area contributed by atoms with Gasteiger partial charge >= 0.3 is 12.2 Å². The molecule has 0 unspecified atom stereocenters. The Morgan fingerprint density at radius 2 is 1.47 bits per heavy atom. The van der Waals surface area contributed by atoms with Crippen LogP contribution in [0.4, 0.5) is 14.6 Å². The molecule has 1 aromatic carbocycles. The Morgan fingerprint density at radius 3 is 2.08 bits per heavy atom. The highest BCUT2D eigenvalue weighted by Gasteiger charge is 2.26. The van der Waals surface area contributed by atoms with E-state index in [1.807, 2.05) is 51.1 Å². The number of anilines is 1. The van der Waals surface area contributed by atoms with E-state index in [-0.39, 0.29) is 18.4 Å². The maximum absolute atomic E-state index is 12.3. The summed E-state index contributed by atoms with van der Waals surface area (Å²) in [6, 6.07) is 11.9. The second-order valence-corrected chi connectivity index (χ2v) is 12.2. The third-order valence-electron chi connectivity index (χ3n) is 5.34. The van der Waals surface area contributed by atoms with Crippen molar-refractivity contribution in [1.29, 1.82) is 0 Å². The first-order chi connectivity index (χ1) is 17.8. The Kier molecular flexibility index (Phi) is 9.43. The summed E-state index contributed by atoms with van der Waals surface area (Å²) in [5.74, 6) is -0.336. The minimum absolute atomic E-state index is 0.134. The Labute approximate surface area is 228 Å². The lowest BCUT2D eigenvalue weighted by Gasteiger charge is -2.36. The third kappa shape index (κ3) is 9.74. The molecule has 2 heterocycles. The second-order valence-electron chi connectivity index (χ2n) is 11.1. The summed E-state index contributed by atoms with van der Waals surface area (Å²) in [4.78, 5) is 41.2. The summed E-state index contributed by atoms with van der Waals surface area (Å²) in [6.07, 6.45) is 3.28. The van der Waals surface area contributed by atoms with Gasteiger partial charge in [-0.25, -0.2) is 15.0 Å². The first-order valence-electron chi connectivity index (χ1n) is 12.6. The van der Waals surface area contributed by atoms with E-state index in [0.717, 1.165) is 29.1 Å². The van der Waals surface area contributed by atoms with Gasteiger partial charge in [0.15, 0.2) is 0 Å². The molecule has 38 heavy (non-hydrogen) atoms. The van der Waals surface area contributed by atoms with Crippen LogP contribution in [-0.4, -0.2) is 60.4 Å². The monoisotopic (exact) mass is 542 g/mol. The molecule has 3 rings (SSSR count). The Bertz CT molecular complexity index is 1140. The van der Waals surface area contributed by atoms with Crippen LogP contribution in [0.1, 0.15) is 57.5 Å². The lowest BCUT2D eigenvalue weighted by Crippen LogP contribution is -2.49. The number of piperazine rings is 1. The van der Waals surface area contributed by atoms with E-state index in [2.05, 4.69) is 34.0 Å². The van der Waals surface area contributed by atoms with Crippen LogP contribution in [-0.2, 0) is 20.7 Å². The SMILES string of the molecule is CC(C)(C)OC(=O)NNC(=O)Cc1ccc(C=Cc2ccc(N3CCN(C(=O)OC(C)(C)C)CC3)s2)cc1. The summed E-state index contributed by atoms with van der Waals surface area (Å²) in [5.41, 5.74) is 5.33. The molecule has 0 spiro atoms. The Balaban J connectivity index is 1.45. The highest BCUT2D eigenvalue weighted by molar-refractivity contribution is 7.17. The van der Waals surface area contributed by atoms with Gasteiger partial charge in [0.1, 0.15) is 11.2 Å². The zero-order valence-electron chi connectivity index (χ0n) is 23.0. The van der Waals surface area contributed by atoms with Crippen LogP contribution in [0, 0.1) is 0 Å². The molecule has 2 N–H and O–H groups in total. The molecule has 0 bridgehead atoms. The third-order valence-corrected chi connectivity index (χ3v) is 6.45. The highest BCUT2D eigenvalue weighted by Crippen LogP contribution is 2.28. The zero-order valence-corrected chi connectivity index (χ0v) is 23.8. The maximum atomic E-state index is 12.3. The quantitative estimate of drug-likeness (QED) is 0.512. The van der Waals surface area contributed by atoms with E-state index in [1.54, 1.807) is 37.0 Å².